The highest BCUT2D eigenvalue weighted by atomic mass is 35.5. The Labute approximate surface area is 190 Å². The summed E-state index contributed by atoms with van der Waals surface area (Å²) in [4.78, 5) is 14.7. The number of nitrogens with zero attached hydrogens (tertiary/aromatic N) is 3. The molecule has 0 bridgehead atoms. The van der Waals surface area contributed by atoms with Crippen LogP contribution in [0.2, 0.25) is 5.02 Å². The van der Waals surface area contributed by atoms with Crippen LogP contribution in [0, 0.1) is 0 Å². The molecule has 4 nitrogen and oxygen atoms in total. The third-order valence-electron chi connectivity index (χ3n) is 5.34. The normalized spacial score (nSPS) is 16.1. The zero-order chi connectivity index (χ0) is 21.2. The molecule has 2 heterocycles. The number of amides is 1. The summed E-state index contributed by atoms with van der Waals surface area (Å²) in [5.41, 5.74) is 4.88. The minimum absolute atomic E-state index is 0.112. The minimum Gasteiger partial charge on any atom is -0.321 e. The number of benzene rings is 3. The summed E-state index contributed by atoms with van der Waals surface area (Å²) in [5, 5.41) is 5.47. The van der Waals surface area contributed by atoms with Crippen molar-refractivity contribution in [3.8, 4) is 16.9 Å². The second-order valence-corrected chi connectivity index (χ2v) is 8.83. The molecule has 0 aliphatic carbocycles. The lowest BCUT2D eigenvalue weighted by molar-refractivity contribution is -0.128. The number of rotatable bonds is 5. The van der Waals surface area contributed by atoms with Gasteiger partial charge in [0, 0.05) is 28.9 Å². The van der Waals surface area contributed by atoms with E-state index in [0.29, 0.717) is 17.3 Å². The average molecular weight is 446 g/mol. The predicted molar refractivity (Wildman–Crippen MR) is 126 cm³/mol. The maximum absolute atomic E-state index is 12.8. The van der Waals surface area contributed by atoms with Crippen molar-refractivity contribution in [2.24, 2.45) is 0 Å². The van der Waals surface area contributed by atoms with Crippen molar-refractivity contribution in [1.82, 2.24) is 14.7 Å². The van der Waals surface area contributed by atoms with Crippen LogP contribution in [0.5, 0.6) is 0 Å². The highest BCUT2D eigenvalue weighted by Crippen LogP contribution is 2.43. The van der Waals surface area contributed by atoms with Gasteiger partial charge in [0.25, 0.3) is 0 Å². The number of halogens is 1. The Morgan fingerprint density at radius 2 is 1.61 bits per heavy atom. The molecule has 5 rings (SSSR count). The first kappa shape index (κ1) is 19.9. The maximum atomic E-state index is 12.8. The summed E-state index contributed by atoms with van der Waals surface area (Å²) < 4.78 is 1.90. The van der Waals surface area contributed by atoms with Crippen molar-refractivity contribution in [3.63, 3.8) is 0 Å². The average Bonchev–Trinajstić information content (AvgIpc) is 3.41. The van der Waals surface area contributed by atoms with Gasteiger partial charge in [-0.2, -0.15) is 5.10 Å². The maximum Gasteiger partial charge on any atom is 0.234 e. The van der Waals surface area contributed by atoms with E-state index in [9.17, 15) is 4.79 Å². The lowest BCUT2D eigenvalue weighted by Crippen LogP contribution is -2.27. The van der Waals surface area contributed by atoms with Gasteiger partial charge in [0.2, 0.25) is 5.91 Å². The van der Waals surface area contributed by atoms with Crippen LogP contribution in [-0.2, 0) is 11.3 Å². The van der Waals surface area contributed by atoms with Crippen molar-refractivity contribution in [2.75, 3.05) is 5.75 Å². The van der Waals surface area contributed by atoms with E-state index < -0.39 is 0 Å². The third-order valence-corrected chi connectivity index (χ3v) is 6.95. The second kappa shape index (κ2) is 8.61. The van der Waals surface area contributed by atoms with E-state index >= 15 is 0 Å². The number of thioether (sulfide) groups is 1. The highest BCUT2D eigenvalue weighted by molar-refractivity contribution is 8.00. The molecule has 0 spiro atoms. The van der Waals surface area contributed by atoms with Gasteiger partial charge in [-0.15, -0.1) is 11.8 Å². The molecule has 1 aliphatic heterocycles. The van der Waals surface area contributed by atoms with Crippen LogP contribution in [-0.4, -0.2) is 26.3 Å². The number of aromatic nitrogens is 2. The van der Waals surface area contributed by atoms with Gasteiger partial charge in [-0.25, -0.2) is 4.68 Å². The van der Waals surface area contributed by atoms with Gasteiger partial charge in [0.1, 0.15) is 5.37 Å². The number of para-hydroxylation sites is 1. The van der Waals surface area contributed by atoms with Gasteiger partial charge >= 0.3 is 0 Å². The van der Waals surface area contributed by atoms with Crippen LogP contribution >= 0.6 is 23.4 Å². The number of hydrogen-bond acceptors (Lipinski definition) is 3. The van der Waals surface area contributed by atoms with Crippen LogP contribution in [0.25, 0.3) is 16.9 Å². The summed E-state index contributed by atoms with van der Waals surface area (Å²) in [6, 6.07) is 27.9. The van der Waals surface area contributed by atoms with Crippen molar-refractivity contribution in [2.45, 2.75) is 11.9 Å². The van der Waals surface area contributed by atoms with Crippen molar-refractivity contribution in [1.29, 1.82) is 0 Å². The second-order valence-electron chi connectivity index (χ2n) is 7.36. The molecule has 1 atom stereocenters. The molecular weight excluding hydrogens is 426 g/mol. The quantitative estimate of drug-likeness (QED) is 0.380. The van der Waals surface area contributed by atoms with Gasteiger partial charge in [0.05, 0.1) is 17.1 Å². The van der Waals surface area contributed by atoms with E-state index in [-0.39, 0.29) is 11.3 Å². The Morgan fingerprint density at radius 1 is 0.935 bits per heavy atom. The molecule has 0 saturated carbocycles. The Morgan fingerprint density at radius 3 is 2.35 bits per heavy atom. The van der Waals surface area contributed by atoms with Gasteiger partial charge in [0.15, 0.2) is 0 Å². The zero-order valence-electron chi connectivity index (χ0n) is 16.7. The summed E-state index contributed by atoms with van der Waals surface area (Å²) in [6.45, 7) is 0.473. The molecule has 1 aliphatic rings. The fourth-order valence-electron chi connectivity index (χ4n) is 3.79. The Bertz CT molecular complexity index is 1210. The summed E-state index contributed by atoms with van der Waals surface area (Å²) in [7, 11) is 0. The molecule has 6 heteroatoms. The van der Waals surface area contributed by atoms with E-state index in [0.717, 1.165) is 28.1 Å². The first-order valence-electron chi connectivity index (χ1n) is 10.1. The first-order chi connectivity index (χ1) is 15.2. The number of carbonyl (C=O) groups is 1. The minimum atomic E-state index is -0.128. The van der Waals surface area contributed by atoms with Crippen molar-refractivity contribution < 1.29 is 4.79 Å². The lowest BCUT2D eigenvalue weighted by Gasteiger charge is -2.24. The van der Waals surface area contributed by atoms with Gasteiger partial charge in [-0.3, -0.25) is 4.79 Å². The number of hydrogen-bond donors (Lipinski definition) is 0. The Kier molecular flexibility index (Phi) is 5.53. The van der Waals surface area contributed by atoms with Crippen LogP contribution in [0.1, 0.15) is 16.5 Å². The van der Waals surface area contributed by atoms with Crippen LogP contribution in [0.4, 0.5) is 0 Å². The summed E-state index contributed by atoms with van der Waals surface area (Å²) in [6.07, 6.45) is 2.05. The molecule has 0 N–H and O–H groups in total. The van der Waals surface area contributed by atoms with Crippen LogP contribution < -0.4 is 0 Å². The SMILES string of the molecule is O=C1CSC(c2cn(-c3ccccc3)nc2-c2ccccc2)N1Cc1ccccc1Cl. The Balaban J connectivity index is 1.58. The largest absolute Gasteiger partial charge is 0.321 e. The molecule has 1 amide bonds. The molecular formula is C25H20ClN3OS. The predicted octanol–water partition coefficient (Wildman–Crippen LogP) is 5.97. The Hall–Kier alpha value is -3.02. The van der Waals surface area contributed by atoms with E-state index in [1.165, 1.54) is 0 Å². The van der Waals surface area contributed by atoms with Gasteiger partial charge < -0.3 is 4.90 Å². The van der Waals surface area contributed by atoms with Gasteiger partial charge in [-0.05, 0) is 23.8 Å². The fraction of sp³-hybridized carbons (Fsp3) is 0.120. The molecule has 3 aromatic carbocycles. The van der Waals surface area contributed by atoms with E-state index in [1.54, 1.807) is 11.8 Å². The zero-order valence-corrected chi connectivity index (χ0v) is 18.3. The van der Waals surface area contributed by atoms with E-state index in [4.69, 9.17) is 16.7 Å². The molecule has 1 fully saturated rings. The molecule has 1 saturated heterocycles. The monoisotopic (exact) mass is 445 g/mol. The molecule has 31 heavy (non-hydrogen) atoms. The molecule has 154 valence electrons. The summed E-state index contributed by atoms with van der Waals surface area (Å²) in [5.74, 6) is 0.557. The van der Waals surface area contributed by atoms with Gasteiger partial charge in [-0.1, -0.05) is 78.3 Å². The van der Waals surface area contributed by atoms with Crippen LogP contribution in [0.15, 0.2) is 91.1 Å². The lowest BCUT2D eigenvalue weighted by atomic mass is 10.1. The molecule has 0 radical (unpaired) electrons. The van der Waals surface area contributed by atoms with E-state index in [2.05, 4.69) is 12.1 Å². The molecule has 4 aromatic rings. The van der Waals surface area contributed by atoms with E-state index in [1.807, 2.05) is 88.6 Å². The first-order valence-corrected chi connectivity index (χ1v) is 11.5. The smallest absolute Gasteiger partial charge is 0.234 e. The molecule has 1 aromatic heterocycles. The topological polar surface area (TPSA) is 38.1 Å². The fourth-order valence-corrected chi connectivity index (χ4v) is 5.18. The molecule has 1 unspecified atom stereocenters. The highest BCUT2D eigenvalue weighted by Gasteiger charge is 2.36. The standard InChI is InChI=1S/C25H20ClN3OS/c26-22-14-8-7-11-19(22)15-28-23(30)17-31-25(28)21-16-29(20-12-5-2-6-13-20)27-24(21)18-9-3-1-4-10-18/h1-14,16,25H,15,17H2. The summed E-state index contributed by atoms with van der Waals surface area (Å²) >= 11 is 8.03. The number of carbonyl (C=O) groups excluding carboxylic acids is 1. The third kappa shape index (κ3) is 3.99. The van der Waals surface area contributed by atoms with Crippen molar-refractivity contribution >= 4 is 29.3 Å². The van der Waals surface area contributed by atoms with Crippen molar-refractivity contribution in [3.05, 3.63) is 107 Å². The van der Waals surface area contributed by atoms with Crippen LogP contribution in [0.3, 0.4) is 0 Å².